The summed E-state index contributed by atoms with van der Waals surface area (Å²) in [6.07, 6.45) is 0. The smallest absolute Gasteiger partial charge is 0.173 e. The van der Waals surface area contributed by atoms with Crippen molar-refractivity contribution in [3.8, 4) is 0 Å². The van der Waals surface area contributed by atoms with Crippen molar-refractivity contribution in [3.05, 3.63) is 29.8 Å². The first kappa shape index (κ1) is 10.6. The van der Waals surface area contributed by atoms with E-state index < -0.39 is 4.67 Å². The second-order valence-electron chi connectivity index (χ2n) is 2.35. The van der Waals surface area contributed by atoms with Crippen molar-refractivity contribution >= 4 is 40.1 Å². The van der Waals surface area contributed by atoms with Gasteiger partial charge in [-0.1, -0.05) is 29.6 Å². The van der Waals surface area contributed by atoms with Gasteiger partial charge in [-0.3, -0.25) is 0 Å². The molecule has 0 saturated heterocycles. The third kappa shape index (κ3) is 3.50. The Morgan fingerprint density at radius 1 is 1.50 bits per heavy atom. The molecule has 0 heterocycles. The van der Waals surface area contributed by atoms with Gasteiger partial charge >= 0.3 is 0 Å². The Hall–Kier alpha value is 0.530. The van der Waals surface area contributed by atoms with E-state index in [1.54, 1.807) is 0 Å². The molecule has 1 aromatic carbocycles. The van der Waals surface area contributed by atoms with Crippen LogP contribution in [0.3, 0.4) is 0 Å². The molecule has 12 heavy (non-hydrogen) atoms. The maximum atomic E-state index is 9.35. The normalized spacial score (nSPS) is 15.6. The monoisotopic (exact) mass is 236 g/mol. The van der Waals surface area contributed by atoms with Crippen LogP contribution in [0.15, 0.2) is 29.2 Å². The van der Waals surface area contributed by atoms with Crippen LogP contribution in [-0.2, 0) is 11.8 Å². The molecule has 1 atom stereocenters. The van der Waals surface area contributed by atoms with Gasteiger partial charge in [-0.15, -0.1) is 12.2 Å². The lowest BCUT2D eigenvalue weighted by atomic mass is 10.2. The van der Waals surface area contributed by atoms with E-state index in [0.29, 0.717) is 0 Å². The molecule has 1 aromatic rings. The average molecular weight is 236 g/mol. The molecule has 0 aliphatic rings. The zero-order chi connectivity index (χ0) is 9.19. The van der Waals surface area contributed by atoms with Gasteiger partial charge in [0.05, 0.1) is 0 Å². The molecule has 5 heteroatoms. The molecule has 0 aliphatic carbocycles. The average Bonchev–Trinajstić information content (AvgIpc) is 1.91. The van der Waals surface area contributed by atoms with E-state index in [4.69, 9.17) is 11.8 Å². The summed E-state index contributed by atoms with van der Waals surface area (Å²) in [5.41, 5.74) is 1.12. The Kier molecular flexibility index (Phi) is 3.68. The summed E-state index contributed by atoms with van der Waals surface area (Å²) in [6, 6.07) is 7.81. The topological polar surface area (TPSA) is 20.2 Å². The fourth-order valence-electron chi connectivity index (χ4n) is 0.787. The Morgan fingerprint density at radius 2 is 2.08 bits per heavy atom. The lowest BCUT2D eigenvalue weighted by molar-refractivity contribution is 0.654. The molecule has 0 spiro atoms. The highest BCUT2D eigenvalue weighted by molar-refractivity contribution is 8.94. The Balaban J connectivity index is 2.90. The summed E-state index contributed by atoms with van der Waals surface area (Å²) in [7, 11) is 0. The summed E-state index contributed by atoms with van der Waals surface area (Å²) in [5.74, 6) is 0. The fourth-order valence-corrected chi connectivity index (χ4v) is 4.29. The Bertz CT molecular complexity index is 320. The van der Waals surface area contributed by atoms with Crippen LogP contribution in [0.2, 0.25) is 0 Å². The predicted molar refractivity (Wildman–Crippen MR) is 62.5 cm³/mol. The van der Waals surface area contributed by atoms with Crippen molar-refractivity contribution in [1.82, 2.24) is 0 Å². The molecular weight excluding hydrogens is 227 g/mol. The van der Waals surface area contributed by atoms with Gasteiger partial charge in [0, 0.05) is 4.90 Å². The molecule has 0 radical (unpaired) electrons. The molecule has 1 nitrogen and oxygen atoms in total. The van der Waals surface area contributed by atoms with Crippen LogP contribution in [0.5, 0.6) is 0 Å². The third-order valence-electron chi connectivity index (χ3n) is 1.31. The van der Waals surface area contributed by atoms with Crippen LogP contribution >= 0.6 is 28.3 Å². The highest BCUT2D eigenvalue weighted by Gasteiger charge is 2.09. The third-order valence-corrected chi connectivity index (χ3v) is 4.91. The van der Waals surface area contributed by atoms with Gasteiger partial charge < -0.3 is 4.89 Å². The van der Waals surface area contributed by atoms with E-state index in [9.17, 15) is 4.89 Å². The van der Waals surface area contributed by atoms with Gasteiger partial charge in [-0.2, -0.15) is 0 Å². The van der Waals surface area contributed by atoms with Gasteiger partial charge in [0.15, 0.2) is 4.67 Å². The highest BCUT2D eigenvalue weighted by atomic mass is 33.2. The van der Waals surface area contributed by atoms with Gasteiger partial charge in [-0.25, -0.2) is 0 Å². The van der Waals surface area contributed by atoms with Crippen molar-refractivity contribution in [1.29, 1.82) is 0 Å². The highest BCUT2D eigenvalue weighted by Crippen LogP contribution is 2.62. The first-order valence-corrected chi connectivity index (χ1v) is 8.63. The van der Waals surface area contributed by atoms with Crippen LogP contribution in [0.1, 0.15) is 5.56 Å². The fraction of sp³-hybridized carbons (Fsp3) is 0.143. The van der Waals surface area contributed by atoms with Crippen molar-refractivity contribution in [2.24, 2.45) is 0 Å². The van der Waals surface area contributed by atoms with Gasteiger partial charge in [0.25, 0.3) is 0 Å². The van der Waals surface area contributed by atoms with Crippen LogP contribution in [0, 0.1) is 6.92 Å². The molecular formula is C7H9OPS3. The molecule has 1 rings (SSSR count). The minimum Gasteiger partial charge on any atom is -0.350 e. The molecule has 0 aliphatic heterocycles. The molecule has 66 valence electrons. The van der Waals surface area contributed by atoms with Crippen molar-refractivity contribution < 1.29 is 4.89 Å². The minimum atomic E-state index is -2.47. The number of thiol groups is 1. The second-order valence-corrected chi connectivity index (χ2v) is 11.7. The molecule has 0 bridgehead atoms. The van der Waals surface area contributed by atoms with Crippen LogP contribution in [0.25, 0.3) is 0 Å². The van der Waals surface area contributed by atoms with E-state index in [1.807, 2.05) is 31.2 Å². The van der Waals surface area contributed by atoms with Gasteiger partial charge in [0.2, 0.25) is 0 Å². The van der Waals surface area contributed by atoms with E-state index in [2.05, 4.69) is 12.2 Å². The molecule has 1 N–H and O–H groups in total. The van der Waals surface area contributed by atoms with Crippen LogP contribution < -0.4 is 0 Å². The van der Waals surface area contributed by atoms with E-state index in [-0.39, 0.29) is 0 Å². The number of rotatable bonds is 2. The minimum absolute atomic E-state index is 1.01. The zero-order valence-corrected chi connectivity index (χ0v) is 9.89. The maximum Gasteiger partial charge on any atom is 0.173 e. The van der Waals surface area contributed by atoms with E-state index in [1.165, 1.54) is 11.4 Å². The quantitative estimate of drug-likeness (QED) is 0.607. The molecule has 1 unspecified atom stereocenters. The number of hydrogen-bond donors (Lipinski definition) is 2. The second kappa shape index (κ2) is 4.16. The predicted octanol–water partition coefficient (Wildman–Crippen LogP) is 3.23. The van der Waals surface area contributed by atoms with Crippen molar-refractivity contribution in [3.63, 3.8) is 0 Å². The van der Waals surface area contributed by atoms with Crippen LogP contribution in [0.4, 0.5) is 0 Å². The summed E-state index contributed by atoms with van der Waals surface area (Å²) >= 11 is 10.1. The molecule has 0 aromatic heterocycles. The molecule has 0 fully saturated rings. The Labute approximate surface area is 86.6 Å². The first-order valence-electron chi connectivity index (χ1n) is 3.30. The molecule has 0 saturated carbocycles. The number of hydrogen-bond acceptors (Lipinski definition) is 2. The largest absolute Gasteiger partial charge is 0.350 e. The van der Waals surface area contributed by atoms with Gasteiger partial charge in [-0.05, 0) is 30.4 Å². The zero-order valence-electron chi connectivity index (χ0n) is 6.47. The maximum absolute atomic E-state index is 9.35. The summed E-state index contributed by atoms with van der Waals surface area (Å²) in [4.78, 5) is 10.4. The van der Waals surface area contributed by atoms with E-state index in [0.717, 1.165) is 10.5 Å². The lowest BCUT2D eigenvalue weighted by Crippen LogP contribution is -1.75. The standard InChI is InChI=1S/C7H9OPS3/c1-6-4-2-3-5-7(6)12-9(8,10)11/h2-5H,1H3,(H2,8,10,11). The summed E-state index contributed by atoms with van der Waals surface area (Å²) < 4.78 is -2.47. The first-order chi connectivity index (χ1) is 5.49. The summed E-state index contributed by atoms with van der Waals surface area (Å²) in [5, 5.41) is 0. The van der Waals surface area contributed by atoms with E-state index >= 15 is 0 Å². The molecule has 0 amide bonds. The number of benzene rings is 1. The Morgan fingerprint density at radius 3 is 2.58 bits per heavy atom. The van der Waals surface area contributed by atoms with Gasteiger partial charge in [0.1, 0.15) is 0 Å². The van der Waals surface area contributed by atoms with Crippen molar-refractivity contribution in [2.75, 3.05) is 0 Å². The van der Waals surface area contributed by atoms with Crippen LogP contribution in [-0.4, -0.2) is 4.89 Å². The SMILES string of the molecule is Cc1ccccc1SP(O)(=S)S. The van der Waals surface area contributed by atoms with Crippen molar-refractivity contribution in [2.45, 2.75) is 11.8 Å². The number of aryl methyl sites for hydroxylation is 1. The lowest BCUT2D eigenvalue weighted by Gasteiger charge is -2.08. The summed E-state index contributed by atoms with van der Waals surface area (Å²) in [6.45, 7) is 1.99.